The van der Waals surface area contributed by atoms with Crippen LogP contribution in [-0.2, 0) is 19.5 Å². The molecule has 5 aliphatic heterocycles. The van der Waals surface area contributed by atoms with Crippen molar-refractivity contribution in [3.05, 3.63) is 106 Å². The molecule has 2 aromatic heterocycles. The van der Waals surface area contributed by atoms with E-state index in [1.54, 1.807) is 24.4 Å². The Morgan fingerprint density at radius 1 is 0.971 bits per heavy atom. The Morgan fingerprint density at radius 3 is 2.57 bits per heavy atom. The third-order valence-electron chi connectivity index (χ3n) is 15.8. The minimum absolute atomic E-state index is 0.0940. The highest BCUT2D eigenvalue weighted by molar-refractivity contribution is 7.90. The zero-order valence-electron chi connectivity index (χ0n) is 39.0. The summed E-state index contributed by atoms with van der Waals surface area (Å²) in [7, 11) is -4.60. The second-order valence-corrected chi connectivity index (χ2v) is 21.9. The average molecular weight is 963 g/mol. The zero-order valence-corrected chi connectivity index (χ0v) is 39.8. The first-order valence-corrected chi connectivity index (χ1v) is 25.9. The van der Waals surface area contributed by atoms with Crippen molar-refractivity contribution in [3.63, 3.8) is 0 Å². The number of anilines is 4. The first kappa shape index (κ1) is 45.6. The number of nitro benzene ring substituents is 1. The normalized spacial score (nSPS) is 22.9. The topological polar surface area (TPSA) is 184 Å². The van der Waals surface area contributed by atoms with Crippen LogP contribution in [0.3, 0.4) is 0 Å². The number of fused-ring (bicyclic) bond motifs is 3. The zero-order chi connectivity index (χ0) is 47.6. The van der Waals surface area contributed by atoms with Crippen LogP contribution in [-0.4, -0.2) is 105 Å². The minimum Gasteiger partial charge on any atom is -0.468 e. The van der Waals surface area contributed by atoms with Gasteiger partial charge in [0.05, 0.1) is 40.3 Å². The van der Waals surface area contributed by atoms with Crippen LogP contribution >= 0.6 is 0 Å². The lowest BCUT2D eigenvalue weighted by atomic mass is 9.59. The standard InChI is InChI=1S/C51H59FN8O8S/c1-31(2)40-23-34(52)5-8-38(40)42-4-3-17-58(42)36-26-51(27-36)14-18-57(19-15-51)35-6-9-39(43(24-35)59-45-22-33-11-16-53-48(33)55-50(45)68-47-30-67-29-46(47)59)49(61)56-69(64,65)37-7-10-41(44(25-37)60(62)63)54-28-32-12-20-66-21-13-32/h5-11,16,22-25,31-32,36,42,46-47,54H,3-4,12-15,17-21,26-30H2,1-2H3,(H,53,55)(H,56,61)/t42-,46+,47+/m0/s1. The van der Waals surface area contributed by atoms with Gasteiger partial charge in [-0.2, -0.15) is 4.98 Å². The Hall–Kier alpha value is -5.82. The van der Waals surface area contributed by atoms with Crippen LogP contribution in [0.4, 0.5) is 32.8 Å². The fourth-order valence-electron chi connectivity index (χ4n) is 12.0. The molecule has 4 saturated heterocycles. The van der Waals surface area contributed by atoms with E-state index in [2.05, 4.69) is 38.7 Å². The van der Waals surface area contributed by atoms with Gasteiger partial charge < -0.3 is 34.3 Å². The summed E-state index contributed by atoms with van der Waals surface area (Å²) in [6.45, 7) is 9.28. The number of aromatic amines is 1. The molecule has 1 saturated carbocycles. The molecule has 3 atom stereocenters. The maximum atomic E-state index is 14.6. The number of nitro groups is 1. The van der Waals surface area contributed by atoms with E-state index in [9.17, 15) is 27.7 Å². The molecule has 69 heavy (non-hydrogen) atoms. The van der Waals surface area contributed by atoms with E-state index in [1.807, 2.05) is 35.2 Å². The molecule has 1 spiro atoms. The molecular weight excluding hydrogens is 904 g/mol. The number of aromatic nitrogens is 2. The van der Waals surface area contributed by atoms with Gasteiger partial charge in [0.2, 0.25) is 5.88 Å². The smallest absolute Gasteiger partial charge is 0.293 e. The van der Waals surface area contributed by atoms with Gasteiger partial charge in [0.25, 0.3) is 21.6 Å². The number of carbonyl (C=O) groups excluding carboxylic acids is 1. The lowest BCUT2D eigenvalue weighted by Gasteiger charge is -2.56. The fraction of sp³-hybridized carbons (Fsp3) is 0.490. The van der Waals surface area contributed by atoms with Crippen LogP contribution in [0.15, 0.2) is 77.8 Å². The van der Waals surface area contributed by atoms with Gasteiger partial charge in [-0.25, -0.2) is 17.5 Å². The summed E-state index contributed by atoms with van der Waals surface area (Å²) in [5.74, 6) is -0.198. The summed E-state index contributed by atoms with van der Waals surface area (Å²) in [6, 6.07) is 18.8. The van der Waals surface area contributed by atoms with E-state index < -0.39 is 37.5 Å². The molecule has 3 aromatic carbocycles. The number of pyridine rings is 1. The SMILES string of the molecule is CC(C)c1cc(F)ccc1[C@@H]1CCCN1C1CC2(CCN(c3ccc(C(=O)NS(=O)(=O)c4ccc(NCC5CCOCC5)c([N+](=O)[O-])c4)c(N4c5cc6cc[nH]c6nc5O[C@@H]5COC[C@H]54)c3)CC2)C1. The van der Waals surface area contributed by atoms with E-state index in [-0.39, 0.29) is 40.4 Å². The number of carbonyl (C=O) groups is 1. The molecule has 6 aliphatic rings. The highest BCUT2D eigenvalue weighted by atomic mass is 32.2. The molecule has 3 N–H and O–H groups in total. The van der Waals surface area contributed by atoms with E-state index in [0.717, 1.165) is 93.7 Å². The van der Waals surface area contributed by atoms with Crippen molar-refractivity contribution in [3.8, 4) is 5.88 Å². The van der Waals surface area contributed by atoms with Crippen LogP contribution in [0.5, 0.6) is 5.88 Å². The predicted molar refractivity (Wildman–Crippen MR) is 260 cm³/mol. The van der Waals surface area contributed by atoms with Crippen LogP contribution in [0.2, 0.25) is 0 Å². The summed E-state index contributed by atoms with van der Waals surface area (Å²) in [4.78, 5) is 40.8. The monoisotopic (exact) mass is 962 g/mol. The maximum Gasteiger partial charge on any atom is 0.293 e. The maximum absolute atomic E-state index is 14.6. The van der Waals surface area contributed by atoms with Crippen molar-refractivity contribution in [2.45, 2.75) is 100 Å². The van der Waals surface area contributed by atoms with Crippen molar-refractivity contribution >= 4 is 55.4 Å². The first-order valence-electron chi connectivity index (χ1n) is 24.5. The number of rotatable bonds is 12. The van der Waals surface area contributed by atoms with E-state index >= 15 is 0 Å². The van der Waals surface area contributed by atoms with Crippen LogP contribution in [0, 0.1) is 27.3 Å². The number of H-pyrrole nitrogens is 1. The summed E-state index contributed by atoms with van der Waals surface area (Å²) in [5, 5.41) is 16.2. The highest BCUT2D eigenvalue weighted by Crippen LogP contribution is 2.55. The number of hydrogen-bond donors (Lipinski definition) is 3. The molecule has 0 radical (unpaired) electrons. The highest BCUT2D eigenvalue weighted by Gasteiger charge is 2.50. The molecule has 11 rings (SSSR count). The second-order valence-electron chi connectivity index (χ2n) is 20.2. The van der Waals surface area contributed by atoms with E-state index in [0.29, 0.717) is 68.0 Å². The summed E-state index contributed by atoms with van der Waals surface area (Å²) >= 11 is 0. The quantitative estimate of drug-likeness (QED) is 0.0799. The van der Waals surface area contributed by atoms with Crippen LogP contribution < -0.4 is 24.6 Å². The average Bonchev–Trinajstić information content (AvgIpc) is 4.13. The fourth-order valence-corrected chi connectivity index (χ4v) is 13.0. The molecule has 0 unspecified atom stereocenters. The Balaban J connectivity index is 0.862. The summed E-state index contributed by atoms with van der Waals surface area (Å²) in [6.07, 6.45) is 9.51. The molecule has 5 aromatic rings. The largest absolute Gasteiger partial charge is 0.468 e. The molecule has 18 heteroatoms. The Labute approximate surface area is 401 Å². The Bertz CT molecular complexity index is 2890. The summed E-state index contributed by atoms with van der Waals surface area (Å²) < 4.78 is 62.6. The molecule has 5 fully saturated rings. The van der Waals surface area contributed by atoms with Gasteiger partial charge in [0.1, 0.15) is 28.9 Å². The van der Waals surface area contributed by atoms with Crippen molar-refractivity contribution < 1.29 is 36.7 Å². The number of hydrogen-bond acceptors (Lipinski definition) is 13. The molecule has 7 heterocycles. The second kappa shape index (κ2) is 18.2. The van der Waals surface area contributed by atoms with Gasteiger partial charge in [0.15, 0.2) is 0 Å². The Morgan fingerprint density at radius 2 is 1.78 bits per heavy atom. The molecule has 364 valence electrons. The lowest BCUT2D eigenvalue weighted by Crippen LogP contribution is -2.55. The van der Waals surface area contributed by atoms with Crippen molar-refractivity contribution in [1.82, 2.24) is 19.6 Å². The molecule has 1 aliphatic carbocycles. The first-order chi connectivity index (χ1) is 33.3. The van der Waals surface area contributed by atoms with Gasteiger partial charge >= 0.3 is 0 Å². The predicted octanol–water partition coefficient (Wildman–Crippen LogP) is 8.57. The molecule has 1 amide bonds. The van der Waals surface area contributed by atoms with Gasteiger partial charge in [-0.15, -0.1) is 0 Å². The van der Waals surface area contributed by atoms with E-state index in [1.165, 1.54) is 17.7 Å². The van der Waals surface area contributed by atoms with Crippen molar-refractivity contribution in [1.29, 1.82) is 0 Å². The summed E-state index contributed by atoms with van der Waals surface area (Å²) in [5.41, 5.74) is 5.10. The molecule has 16 nitrogen and oxygen atoms in total. The van der Waals surface area contributed by atoms with Gasteiger partial charge in [-0.05, 0) is 141 Å². The number of halogens is 1. The minimum atomic E-state index is -4.60. The van der Waals surface area contributed by atoms with Crippen LogP contribution in [0.25, 0.3) is 11.0 Å². The van der Waals surface area contributed by atoms with Gasteiger partial charge in [-0.3, -0.25) is 19.8 Å². The number of piperidine rings is 1. The number of ether oxygens (including phenoxy) is 3. The van der Waals surface area contributed by atoms with E-state index in [4.69, 9.17) is 19.2 Å². The van der Waals surface area contributed by atoms with Crippen molar-refractivity contribution in [2.24, 2.45) is 11.3 Å². The molecular formula is C51H59FN8O8S. The number of sulfonamides is 1. The van der Waals surface area contributed by atoms with Gasteiger partial charge in [0, 0.05) is 68.3 Å². The Kier molecular flexibility index (Phi) is 12.0. The van der Waals surface area contributed by atoms with Crippen molar-refractivity contribution in [2.75, 3.05) is 67.7 Å². The van der Waals surface area contributed by atoms with Gasteiger partial charge in [-0.1, -0.05) is 19.9 Å². The number of amides is 1. The third-order valence-corrected chi connectivity index (χ3v) is 17.1. The van der Waals surface area contributed by atoms with Crippen LogP contribution in [0.1, 0.15) is 98.7 Å². The third kappa shape index (κ3) is 8.67. The number of nitrogens with zero attached hydrogens (tertiary/aromatic N) is 5. The molecule has 0 bridgehead atoms. The number of nitrogens with one attached hydrogen (secondary N) is 3. The lowest BCUT2D eigenvalue weighted by molar-refractivity contribution is -0.384. The number of likely N-dealkylation sites (tertiary alicyclic amines) is 1. The number of benzene rings is 3.